The number of hydrogen-bond donors (Lipinski definition) is 2. The Morgan fingerprint density at radius 1 is 1.29 bits per heavy atom. The van der Waals surface area contributed by atoms with Crippen molar-refractivity contribution in [1.29, 1.82) is 0 Å². The van der Waals surface area contributed by atoms with E-state index in [1.165, 1.54) is 18.7 Å². The van der Waals surface area contributed by atoms with Crippen LogP contribution in [0.2, 0.25) is 0 Å². The number of amides is 1. The zero-order chi connectivity index (χ0) is 15.9. The largest absolute Gasteiger partial charge is 0.494 e. The van der Waals surface area contributed by atoms with E-state index in [2.05, 4.69) is 5.32 Å². The van der Waals surface area contributed by atoms with Crippen LogP contribution in [0.3, 0.4) is 0 Å². The Kier molecular flexibility index (Phi) is 6.55. The van der Waals surface area contributed by atoms with Gasteiger partial charge in [-0.05, 0) is 44.5 Å². The van der Waals surface area contributed by atoms with Gasteiger partial charge in [0.25, 0.3) is 0 Å². The number of thioether (sulfide) groups is 1. The zero-order valence-electron chi connectivity index (χ0n) is 12.5. The minimum Gasteiger partial charge on any atom is -0.494 e. The van der Waals surface area contributed by atoms with Crippen LogP contribution in [0.5, 0.6) is 5.75 Å². The number of aliphatic carboxylic acids is 1. The molecule has 1 atom stereocenters. The number of ether oxygens (including phenoxy) is 1. The molecule has 0 heterocycles. The van der Waals surface area contributed by atoms with E-state index in [0.717, 1.165) is 10.6 Å². The summed E-state index contributed by atoms with van der Waals surface area (Å²) >= 11 is 1.36. The topological polar surface area (TPSA) is 75.6 Å². The molecule has 0 fully saturated rings. The van der Waals surface area contributed by atoms with Crippen LogP contribution in [0.15, 0.2) is 29.2 Å². The van der Waals surface area contributed by atoms with Crippen LogP contribution >= 0.6 is 11.8 Å². The molecule has 1 aromatic rings. The Hall–Kier alpha value is -1.69. The summed E-state index contributed by atoms with van der Waals surface area (Å²) in [5.41, 5.74) is -1.21. The molecule has 0 aliphatic carbocycles. The molecule has 1 aromatic carbocycles. The predicted molar refractivity (Wildman–Crippen MR) is 82.8 cm³/mol. The lowest BCUT2D eigenvalue weighted by atomic mass is 9.99. The van der Waals surface area contributed by atoms with Gasteiger partial charge in [0.15, 0.2) is 0 Å². The van der Waals surface area contributed by atoms with Crippen LogP contribution in [0, 0.1) is 0 Å². The number of benzene rings is 1. The number of carboxylic acids is 1. The van der Waals surface area contributed by atoms with E-state index in [9.17, 15) is 9.59 Å². The zero-order valence-corrected chi connectivity index (χ0v) is 13.3. The molecule has 21 heavy (non-hydrogen) atoms. The van der Waals surface area contributed by atoms with E-state index in [4.69, 9.17) is 9.84 Å². The molecule has 116 valence electrons. The van der Waals surface area contributed by atoms with Gasteiger partial charge in [0.2, 0.25) is 5.91 Å². The summed E-state index contributed by atoms with van der Waals surface area (Å²) in [7, 11) is 0. The van der Waals surface area contributed by atoms with Gasteiger partial charge in [-0.25, -0.2) is 4.79 Å². The van der Waals surface area contributed by atoms with Crippen molar-refractivity contribution >= 4 is 23.6 Å². The van der Waals surface area contributed by atoms with Gasteiger partial charge in [-0.15, -0.1) is 11.8 Å². The third kappa shape index (κ3) is 5.30. The minimum absolute atomic E-state index is 0.177. The van der Waals surface area contributed by atoms with E-state index in [-0.39, 0.29) is 11.7 Å². The van der Waals surface area contributed by atoms with E-state index in [0.29, 0.717) is 13.0 Å². The van der Waals surface area contributed by atoms with Gasteiger partial charge >= 0.3 is 5.97 Å². The van der Waals surface area contributed by atoms with Crippen molar-refractivity contribution in [3.63, 3.8) is 0 Å². The molecule has 2 N–H and O–H groups in total. The quantitative estimate of drug-likeness (QED) is 0.722. The lowest BCUT2D eigenvalue weighted by Crippen LogP contribution is -2.52. The Bertz CT molecular complexity index is 489. The monoisotopic (exact) mass is 311 g/mol. The highest BCUT2D eigenvalue weighted by Crippen LogP contribution is 2.21. The molecular formula is C15H21NO4S. The van der Waals surface area contributed by atoms with Crippen LogP contribution < -0.4 is 10.1 Å². The minimum atomic E-state index is -1.21. The first-order valence-corrected chi connectivity index (χ1v) is 7.80. The maximum absolute atomic E-state index is 11.8. The molecule has 0 aliphatic heterocycles. The fourth-order valence-corrected chi connectivity index (χ4v) is 2.28. The highest BCUT2D eigenvalue weighted by molar-refractivity contribution is 8.00. The molecule has 0 spiro atoms. The van der Waals surface area contributed by atoms with Crippen molar-refractivity contribution in [2.24, 2.45) is 0 Å². The van der Waals surface area contributed by atoms with E-state index < -0.39 is 11.5 Å². The van der Waals surface area contributed by atoms with E-state index >= 15 is 0 Å². The third-order valence-electron chi connectivity index (χ3n) is 3.10. The molecule has 0 bridgehead atoms. The molecule has 5 nitrogen and oxygen atoms in total. The summed E-state index contributed by atoms with van der Waals surface area (Å²) in [6.07, 6.45) is 0.335. The molecule has 0 saturated heterocycles. The first-order chi connectivity index (χ1) is 9.91. The molecule has 0 aromatic heterocycles. The van der Waals surface area contributed by atoms with Crippen molar-refractivity contribution < 1.29 is 19.4 Å². The fourth-order valence-electron chi connectivity index (χ4n) is 1.58. The maximum Gasteiger partial charge on any atom is 0.329 e. The number of rotatable bonds is 8. The Balaban J connectivity index is 2.51. The maximum atomic E-state index is 11.8. The summed E-state index contributed by atoms with van der Waals surface area (Å²) < 4.78 is 5.34. The molecule has 1 unspecified atom stereocenters. The molecule has 0 aliphatic rings. The molecule has 6 heteroatoms. The van der Waals surface area contributed by atoms with Crippen LogP contribution in [0.1, 0.15) is 27.2 Å². The SMILES string of the molecule is CCOc1ccc(SCC(=O)NC(C)(CC)C(=O)O)cc1. The standard InChI is InChI=1S/C15H21NO4S/c1-4-15(3,14(18)19)16-13(17)10-21-12-8-6-11(7-9-12)20-5-2/h6-9H,4-5,10H2,1-3H3,(H,16,17)(H,18,19). The highest BCUT2D eigenvalue weighted by atomic mass is 32.2. The highest BCUT2D eigenvalue weighted by Gasteiger charge is 2.32. The summed E-state index contributed by atoms with van der Waals surface area (Å²) in [4.78, 5) is 23.9. The number of carbonyl (C=O) groups is 2. The van der Waals surface area contributed by atoms with Gasteiger partial charge < -0.3 is 15.2 Å². The second kappa shape index (κ2) is 7.93. The lowest BCUT2D eigenvalue weighted by Gasteiger charge is -2.24. The first-order valence-electron chi connectivity index (χ1n) is 6.81. The Morgan fingerprint density at radius 2 is 1.90 bits per heavy atom. The van der Waals surface area contributed by atoms with Crippen LogP contribution in [0.25, 0.3) is 0 Å². The molecule has 1 rings (SSSR count). The van der Waals surface area contributed by atoms with Crippen molar-refractivity contribution in [2.45, 2.75) is 37.6 Å². The summed E-state index contributed by atoms with van der Waals surface area (Å²) in [5.74, 6) is -0.350. The molecular weight excluding hydrogens is 290 g/mol. The fraction of sp³-hybridized carbons (Fsp3) is 0.467. The first kappa shape index (κ1) is 17.4. The predicted octanol–water partition coefficient (Wildman–Crippen LogP) is 2.55. The van der Waals surface area contributed by atoms with Crippen LogP contribution in [0.4, 0.5) is 0 Å². The molecule has 0 saturated carbocycles. The van der Waals surface area contributed by atoms with E-state index in [1.807, 2.05) is 31.2 Å². The van der Waals surface area contributed by atoms with Gasteiger partial charge in [-0.1, -0.05) is 6.92 Å². The molecule has 1 amide bonds. The van der Waals surface area contributed by atoms with Gasteiger partial charge in [0.1, 0.15) is 11.3 Å². The molecule has 0 radical (unpaired) electrons. The summed E-state index contributed by atoms with van der Waals surface area (Å²) in [6, 6.07) is 7.44. The number of carboxylic acid groups (broad SMARTS) is 1. The average molecular weight is 311 g/mol. The summed E-state index contributed by atoms with van der Waals surface area (Å²) in [5, 5.41) is 11.7. The Labute approximate surface area is 129 Å². The lowest BCUT2D eigenvalue weighted by molar-refractivity contribution is -0.146. The van der Waals surface area contributed by atoms with Gasteiger partial charge in [-0.2, -0.15) is 0 Å². The summed E-state index contributed by atoms with van der Waals surface area (Å²) in [6.45, 7) is 5.77. The second-order valence-corrected chi connectivity index (χ2v) is 5.78. The third-order valence-corrected chi connectivity index (χ3v) is 4.11. The Morgan fingerprint density at radius 3 is 2.38 bits per heavy atom. The van der Waals surface area contributed by atoms with Crippen LogP contribution in [-0.4, -0.2) is 34.9 Å². The van der Waals surface area contributed by atoms with Crippen molar-refractivity contribution in [3.8, 4) is 5.75 Å². The number of carbonyl (C=O) groups excluding carboxylic acids is 1. The number of nitrogens with one attached hydrogen (secondary N) is 1. The number of hydrogen-bond acceptors (Lipinski definition) is 4. The normalized spacial score (nSPS) is 13.3. The smallest absolute Gasteiger partial charge is 0.329 e. The van der Waals surface area contributed by atoms with Crippen molar-refractivity contribution in [1.82, 2.24) is 5.32 Å². The van der Waals surface area contributed by atoms with Crippen molar-refractivity contribution in [2.75, 3.05) is 12.4 Å². The van der Waals surface area contributed by atoms with E-state index in [1.54, 1.807) is 6.92 Å². The second-order valence-electron chi connectivity index (χ2n) is 4.73. The van der Waals surface area contributed by atoms with Gasteiger partial charge in [0, 0.05) is 4.90 Å². The van der Waals surface area contributed by atoms with Gasteiger partial charge in [0.05, 0.1) is 12.4 Å². The van der Waals surface area contributed by atoms with Gasteiger partial charge in [-0.3, -0.25) is 4.79 Å². The van der Waals surface area contributed by atoms with Crippen LogP contribution in [-0.2, 0) is 9.59 Å². The van der Waals surface area contributed by atoms with Crippen molar-refractivity contribution in [3.05, 3.63) is 24.3 Å². The average Bonchev–Trinajstić information content (AvgIpc) is 2.46.